The molecule has 0 atom stereocenters. The molecule has 0 aromatic heterocycles. The van der Waals surface area contributed by atoms with Crippen molar-refractivity contribution in [3.05, 3.63) is 107 Å². The summed E-state index contributed by atoms with van der Waals surface area (Å²) >= 11 is 11.8. The van der Waals surface area contributed by atoms with Gasteiger partial charge in [0.1, 0.15) is 0 Å². The van der Waals surface area contributed by atoms with Crippen molar-refractivity contribution in [2.45, 2.75) is 0 Å². The molecule has 0 unspecified atom stereocenters. The van der Waals surface area contributed by atoms with Crippen LogP contribution in [-0.4, -0.2) is 48.0 Å². The van der Waals surface area contributed by atoms with E-state index in [0.717, 1.165) is 22.1 Å². The molecule has 1 heterocycles. The number of piperazine rings is 1. The summed E-state index contributed by atoms with van der Waals surface area (Å²) < 4.78 is 0. The van der Waals surface area contributed by atoms with E-state index in [1.165, 1.54) is 0 Å². The SMILES string of the molecule is O=C(NC(=S)Nc1ccccc1N1CCN(C(=O)c2ccccc2)CC1)c1cccc2c(Cl)cccc12. The third kappa shape index (κ3) is 5.43. The summed E-state index contributed by atoms with van der Waals surface area (Å²) in [5, 5.41) is 8.34. The van der Waals surface area contributed by atoms with Gasteiger partial charge >= 0.3 is 0 Å². The van der Waals surface area contributed by atoms with Gasteiger partial charge in [-0.3, -0.25) is 14.9 Å². The van der Waals surface area contributed by atoms with Crippen LogP contribution in [0.2, 0.25) is 5.02 Å². The monoisotopic (exact) mass is 528 g/mol. The minimum atomic E-state index is -0.309. The van der Waals surface area contributed by atoms with Crippen molar-refractivity contribution in [1.29, 1.82) is 0 Å². The van der Waals surface area contributed by atoms with Gasteiger partial charge in [-0.2, -0.15) is 0 Å². The number of para-hydroxylation sites is 2. The lowest BCUT2D eigenvalue weighted by molar-refractivity contribution is 0.0746. The van der Waals surface area contributed by atoms with Gasteiger partial charge in [0.15, 0.2) is 5.11 Å². The van der Waals surface area contributed by atoms with Gasteiger partial charge in [0.25, 0.3) is 11.8 Å². The van der Waals surface area contributed by atoms with E-state index in [1.54, 1.807) is 18.2 Å². The maximum Gasteiger partial charge on any atom is 0.258 e. The second-order valence-corrected chi connectivity index (χ2v) is 9.53. The number of carbonyl (C=O) groups excluding carboxylic acids is 2. The van der Waals surface area contributed by atoms with Crippen molar-refractivity contribution in [3.8, 4) is 0 Å². The number of fused-ring (bicyclic) bond motifs is 1. The first-order valence-electron chi connectivity index (χ1n) is 12.0. The van der Waals surface area contributed by atoms with Crippen molar-refractivity contribution < 1.29 is 9.59 Å². The van der Waals surface area contributed by atoms with E-state index in [0.29, 0.717) is 42.3 Å². The molecule has 6 nitrogen and oxygen atoms in total. The van der Waals surface area contributed by atoms with E-state index >= 15 is 0 Å². The first kappa shape index (κ1) is 24.7. The summed E-state index contributed by atoms with van der Waals surface area (Å²) in [6.45, 7) is 2.61. The molecule has 0 aliphatic carbocycles. The van der Waals surface area contributed by atoms with Crippen LogP contribution in [0.1, 0.15) is 20.7 Å². The van der Waals surface area contributed by atoms with Crippen molar-refractivity contribution in [1.82, 2.24) is 10.2 Å². The van der Waals surface area contributed by atoms with Crippen LogP contribution < -0.4 is 15.5 Å². The lowest BCUT2D eigenvalue weighted by Gasteiger charge is -2.37. The molecule has 2 amide bonds. The number of thiocarbonyl (C=S) groups is 1. The molecule has 4 aromatic rings. The summed E-state index contributed by atoms with van der Waals surface area (Å²) in [4.78, 5) is 29.9. The van der Waals surface area contributed by atoms with E-state index < -0.39 is 0 Å². The molecule has 0 radical (unpaired) electrons. The van der Waals surface area contributed by atoms with E-state index in [1.807, 2.05) is 77.7 Å². The smallest absolute Gasteiger partial charge is 0.258 e. The van der Waals surface area contributed by atoms with E-state index in [4.69, 9.17) is 23.8 Å². The fourth-order valence-electron chi connectivity index (χ4n) is 4.56. The molecule has 1 aliphatic heterocycles. The number of amides is 2. The molecule has 1 saturated heterocycles. The Labute approximate surface area is 225 Å². The zero-order valence-electron chi connectivity index (χ0n) is 20.0. The summed E-state index contributed by atoms with van der Waals surface area (Å²) in [6.07, 6.45) is 0. The first-order chi connectivity index (χ1) is 18.0. The Morgan fingerprint density at radius 1 is 0.757 bits per heavy atom. The van der Waals surface area contributed by atoms with Crippen LogP contribution in [0.25, 0.3) is 10.8 Å². The number of carbonyl (C=O) groups is 2. The Morgan fingerprint density at radius 2 is 1.43 bits per heavy atom. The highest BCUT2D eigenvalue weighted by Crippen LogP contribution is 2.28. The van der Waals surface area contributed by atoms with Gasteiger partial charge in [-0.15, -0.1) is 0 Å². The number of nitrogens with one attached hydrogen (secondary N) is 2. The molecule has 186 valence electrons. The number of hydrogen-bond acceptors (Lipinski definition) is 4. The van der Waals surface area contributed by atoms with Gasteiger partial charge in [0.05, 0.1) is 11.4 Å². The third-order valence-electron chi connectivity index (χ3n) is 6.42. The standard InChI is InChI=1S/C29H25ClN4O2S/c30-24-13-7-10-21-22(24)11-6-12-23(21)27(35)32-29(37)31-25-14-4-5-15-26(25)33-16-18-34(19-17-33)28(36)20-8-2-1-3-9-20/h1-15H,16-19H2,(H2,31,32,35,37). The highest BCUT2D eigenvalue weighted by atomic mass is 35.5. The van der Waals surface area contributed by atoms with Crippen molar-refractivity contribution in [3.63, 3.8) is 0 Å². The molecule has 1 fully saturated rings. The number of hydrogen-bond donors (Lipinski definition) is 2. The second kappa shape index (κ2) is 11.0. The second-order valence-electron chi connectivity index (χ2n) is 8.71. The third-order valence-corrected chi connectivity index (χ3v) is 6.95. The molecule has 5 rings (SSSR count). The van der Waals surface area contributed by atoms with Gasteiger partial charge < -0.3 is 15.1 Å². The normalized spacial score (nSPS) is 13.3. The molecule has 0 spiro atoms. The maximum absolute atomic E-state index is 13.0. The minimum Gasteiger partial charge on any atom is -0.366 e. The van der Waals surface area contributed by atoms with Crippen LogP contribution in [0, 0.1) is 0 Å². The van der Waals surface area contributed by atoms with E-state index in [9.17, 15) is 9.59 Å². The summed E-state index contributed by atoms with van der Waals surface area (Å²) in [6, 6.07) is 28.1. The fourth-order valence-corrected chi connectivity index (χ4v) is 5.00. The molecular weight excluding hydrogens is 504 g/mol. The lowest BCUT2D eigenvalue weighted by Crippen LogP contribution is -2.49. The fraction of sp³-hybridized carbons (Fsp3) is 0.138. The highest BCUT2D eigenvalue weighted by Gasteiger charge is 2.23. The van der Waals surface area contributed by atoms with Crippen molar-refractivity contribution in [2.24, 2.45) is 0 Å². The van der Waals surface area contributed by atoms with Crippen molar-refractivity contribution >= 4 is 62.9 Å². The topological polar surface area (TPSA) is 64.7 Å². The Bertz CT molecular complexity index is 1470. The zero-order chi connectivity index (χ0) is 25.8. The number of anilines is 2. The Hall–Kier alpha value is -3.94. The molecule has 2 N–H and O–H groups in total. The zero-order valence-corrected chi connectivity index (χ0v) is 21.6. The predicted octanol–water partition coefficient (Wildman–Crippen LogP) is 5.58. The molecule has 4 aromatic carbocycles. The van der Waals surface area contributed by atoms with Gasteiger partial charge in [-0.05, 0) is 54.0 Å². The van der Waals surface area contributed by atoms with Gasteiger partial charge in [-0.25, -0.2) is 0 Å². The van der Waals surface area contributed by atoms with Gasteiger partial charge in [-0.1, -0.05) is 66.2 Å². The predicted molar refractivity (Wildman–Crippen MR) is 154 cm³/mol. The average molecular weight is 529 g/mol. The van der Waals surface area contributed by atoms with Crippen LogP contribution in [-0.2, 0) is 0 Å². The molecule has 0 bridgehead atoms. The number of rotatable bonds is 4. The largest absolute Gasteiger partial charge is 0.366 e. The summed E-state index contributed by atoms with van der Waals surface area (Å²) in [5.74, 6) is -0.263. The summed E-state index contributed by atoms with van der Waals surface area (Å²) in [5.41, 5.74) is 2.95. The average Bonchev–Trinajstić information content (AvgIpc) is 2.93. The number of halogens is 1. The lowest BCUT2D eigenvalue weighted by atomic mass is 10.0. The van der Waals surface area contributed by atoms with E-state index in [-0.39, 0.29) is 16.9 Å². The molecule has 8 heteroatoms. The van der Waals surface area contributed by atoms with Crippen LogP contribution in [0.15, 0.2) is 91.0 Å². The Balaban J connectivity index is 1.25. The molecular formula is C29H25ClN4O2S. The maximum atomic E-state index is 13.0. The van der Waals surface area contributed by atoms with Gasteiger partial charge in [0, 0.05) is 47.7 Å². The minimum absolute atomic E-state index is 0.0465. The first-order valence-corrected chi connectivity index (χ1v) is 12.8. The molecule has 1 aliphatic rings. The quantitative estimate of drug-likeness (QED) is 0.338. The van der Waals surface area contributed by atoms with Gasteiger partial charge in [0.2, 0.25) is 0 Å². The Morgan fingerprint density at radius 3 is 2.22 bits per heavy atom. The van der Waals surface area contributed by atoms with Crippen LogP contribution in [0.5, 0.6) is 0 Å². The highest BCUT2D eigenvalue weighted by molar-refractivity contribution is 7.80. The van der Waals surface area contributed by atoms with Crippen molar-refractivity contribution in [2.75, 3.05) is 36.4 Å². The van der Waals surface area contributed by atoms with E-state index in [2.05, 4.69) is 15.5 Å². The number of nitrogens with zero attached hydrogens (tertiary/aromatic N) is 2. The van der Waals surface area contributed by atoms with Crippen LogP contribution in [0.3, 0.4) is 0 Å². The van der Waals surface area contributed by atoms with Crippen LogP contribution >= 0.6 is 23.8 Å². The summed E-state index contributed by atoms with van der Waals surface area (Å²) in [7, 11) is 0. The molecule has 37 heavy (non-hydrogen) atoms. The Kier molecular flexibility index (Phi) is 7.35. The number of benzene rings is 4. The van der Waals surface area contributed by atoms with Crippen LogP contribution in [0.4, 0.5) is 11.4 Å². The molecule has 0 saturated carbocycles.